The second-order valence-electron chi connectivity index (χ2n) is 7.75. The largest absolute Gasteiger partial charge is 0.463 e. The first kappa shape index (κ1) is 27.0. The van der Waals surface area contributed by atoms with E-state index < -0.39 is 18.0 Å². The summed E-state index contributed by atoms with van der Waals surface area (Å²) in [5, 5.41) is 0.538. The number of rotatable bonds is 5. The van der Waals surface area contributed by atoms with Crippen LogP contribution in [0.5, 0.6) is 5.75 Å². The van der Waals surface area contributed by atoms with Gasteiger partial charge in [0.15, 0.2) is 10.6 Å². The van der Waals surface area contributed by atoms with E-state index in [2.05, 4.69) is 50.2 Å². The first-order valence-electron chi connectivity index (χ1n) is 10.7. The van der Waals surface area contributed by atoms with E-state index in [1.807, 2.05) is 12.1 Å². The smallest absolute Gasteiger partial charge is 0.338 e. The minimum absolute atomic E-state index is 0.192. The lowest BCUT2D eigenvalue weighted by atomic mass is 9.96. The number of fused-ring (bicyclic) bond motifs is 1. The van der Waals surface area contributed by atoms with Crippen LogP contribution in [0.15, 0.2) is 57.5 Å². The summed E-state index contributed by atoms with van der Waals surface area (Å²) in [4.78, 5) is 43.5. The molecule has 0 unspecified atom stereocenters. The standard InChI is InChI=1S/C25H19ClI2N2O5S/c1-4-34-24(33)20-12(2)29-25-30(21(20)14-5-7-16(26)8-6-14)23(32)19(36-25)10-15-9-17(27)11-18(28)22(15)35-13(3)31/h5-11,21H,4H2,1-3H3/b19-10-/t21-/m0/s1. The van der Waals surface area contributed by atoms with Gasteiger partial charge in [-0.3, -0.25) is 14.2 Å². The van der Waals surface area contributed by atoms with Gasteiger partial charge in [0.25, 0.3) is 5.56 Å². The number of carbonyl (C=O) groups is 2. The van der Waals surface area contributed by atoms with Gasteiger partial charge in [-0.25, -0.2) is 9.79 Å². The van der Waals surface area contributed by atoms with Crippen molar-refractivity contribution in [2.45, 2.75) is 26.8 Å². The van der Waals surface area contributed by atoms with Gasteiger partial charge in [-0.15, -0.1) is 0 Å². The normalized spacial score (nSPS) is 15.4. The average molecular weight is 749 g/mol. The van der Waals surface area contributed by atoms with Gasteiger partial charge in [-0.1, -0.05) is 35.1 Å². The maximum atomic E-state index is 13.8. The SMILES string of the molecule is CCOC(=O)C1=C(C)N=c2s/c(=C\c3cc(I)cc(I)c3OC(C)=O)c(=O)n2[C@H]1c1ccc(Cl)cc1. The highest BCUT2D eigenvalue weighted by atomic mass is 127. The van der Waals surface area contributed by atoms with Gasteiger partial charge in [-0.05, 0) is 94.9 Å². The van der Waals surface area contributed by atoms with Crippen molar-refractivity contribution in [3.63, 3.8) is 0 Å². The molecule has 186 valence electrons. The Morgan fingerprint density at radius 2 is 1.92 bits per heavy atom. The van der Waals surface area contributed by atoms with Crippen LogP contribution in [-0.4, -0.2) is 23.1 Å². The summed E-state index contributed by atoms with van der Waals surface area (Å²) in [6, 6.07) is 9.97. The quantitative estimate of drug-likeness (QED) is 0.217. The van der Waals surface area contributed by atoms with Crippen LogP contribution in [0, 0.1) is 7.14 Å². The molecule has 0 spiro atoms. The van der Waals surface area contributed by atoms with Gasteiger partial charge < -0.3 is 9.47 Å². The zero-order valence-electron chi connectivity index (χ0n) is 19.3. The van der Waals surface area contributed by atoms with Crippen LogP contribution in [0.2, 0.25) is 5.02 Å². The van der Waals surface area contributed by atoms with Crippen LogP contribution in [0.3, 0.4) is 0 Å². The minimum atomic E-state index is -0.733. The van der Waals surface area contributed by atoms with Crippen LogP contribution in [0.1, 0.15) is 37.9 Å². The summed E-state index contributed by atoms with van der Waals surface area (Å²) in [6.45, 7) is 4.98. The number of esters is 2. The third-order valence-electron chi connectivity index (χ3n) is 5.27. The maximum Gasteiger partial charge on any atom is 0.338 e. The van der Waals surface area contributed by atoms with Crippen molar-refractivity contribution in [3.05, 3.63) is 90.6 Å². The third kappa shape index (κ3) is 5.46. The van der Waals surface area contributed by atoms with E-state index in [1.165, 1.54) is 22.8 Å². The van der Waals surface area contributed by atoms with Gasteiger partial charge in [0.1, 0.15) is 0 Å². The summed E-state index contributed by atoms with van der Waals surface area (Å²) >= 11 is 11.6. The molecule has 1 aliphatic heterocycles. The third-order valence-corrected chi connectivity index (χ3v) is 7.93. The molecule has 1 atom stereocenters. The van der Waals surface area contributed by atoms with Crippen LogP contribution >= 0.6 is 68.1 Å². The fourth-order valence-corrected chi connectivity index (χ4v) is 7.00. The van der Waals surface area contributed by atoms with E-state index in [4.69, 9.17) is 21.1 Å². The number of carbonyl (C=O) groups excluding carboxylic acids is 2. The summed E-state index contributed by atoms with van der Waals surface area (Å²) in [6.07, 6.45) is 1.69. The van der Waals surface area contributed by atoms with Crippen LogP contribution in [0.25, 0.3) is 6.08 Å². The van der Waals surface area contributed by atoms with E-state index in [-0.39, 0.29) is 12.2 Å². The van der Waals surface area contributed by atoms with E-state index in [1.54, 1.807) is 44.2 Å². The van der Waals surface area contributed by atoms with E-state index in [9.17, 15) is 14.4 Å². The molecule has 4 rings (SSSR count). The summed E-state index contributed by atoms with van der Waals surface area (Å²) in [7, 11) is 0. The molecular formula is C25H19ClI2N2O5S. The fourth-order valence-electron chi connectivity index (χ4n) is 3.83. The number of benzene rings is 2. The second-order valence-corrected chi connectivity index (χ2v) is 11.6. The number of ether oxygens (including phenoxy) is 2. The van der Waals surface area contributed by atoms with Crippen molar-refractivity contribution in [1.29, 1.82) is 0 Å². The van der Waals surface area contributed by atoms with Crippen LogP contribution in [0.4, 0.5) is 0 Å². The molecule has 0 N–H and O–H groups in total. The van der Waals surface area contributed by atoms with Gasteiger partial charge in [-0.2, -0.15) is 0 Å². The zero-order valence-corrected chi connectivity index (χ0v) is 25.2. The van der Waals surface area contributed by atoms with Crippen molar-refractivity contribution in [2.24, 2.45) is 4.99 Å². The minimum Gasteiger partial charge on any atom is -0.463 e. The molecule has 0 saturated heterocycles. The number of hydrogen-bond acceptors (Lipinski definition) is 7. The fraction of sp³-hybridized carbons (Fsp3) is 0.200. The molecule has 11 heteroatoms. The predicted molar refractivity (Wildman–Crippen MR) is 155 cm³/mol. The molecule has 1 aliphatic rings. The summed E-state index contributed by atoms with van der Waals surface area (Å²) in [5.74, 6) is -0.605. The van der Waals surface area contributed by atoms with Gasteiger partial charge >= 0.3 is 11.9 Å². The highest BCUT2D eigenvalue weighted by Gasteiger charge is 2.33. The molecule has 0 bridgehead atoms. The van der Waals surface area contributed by atoms with Crippen molar-refractivity contribution in [2.75, 3.05) is 6.61 Å². The highest BCUT2D eigenvalue weighted by Crippen LogP contribution is 2.32. The number of allylic oxidation sites excluding steroid dienone is 1. The molecule has 2 heterocycles. The lowest BCUT2D eigenvalue weighted by Crippen LogP contribution is -2.39. The highest BCUT2D eigenvalue weighted by molar-refractivity contribution is 14.1. The number of hydrogen-bond donors (Lipinski definition) is 0. The van der Waals surface area contributed by atoms with E-state index in [0.29, 0.717) is 42.5 Å². The van der Waals surface area contributed by atoms with Crippen LogP contribution in [-0.2, 0) is 14.3 Å². The Hall–Kier alpha value is -2.03. The van der Waals surface area contributed by atoms with Crippen molar-refractivity contribution in [3.8, 4) is 5.75 Å². The maximum absolute atomic E-state index is 13.8. The molecule has 36 heavy (non-hydrogen) atoms. The van der Waals surface area contributed by atoms with Crippen LogP contribution < -0.4 is 19.6 Å². The van der Waals surface area contributed by atoms with Gasteiger partial charge in [0, 0.05) is 21.1 Å². The first-order valence-corrected chi connectivity index (χ1v) is 14.1. The molecule has 0 aliphatic carbocycles. The molecule has 0 saturated carbocycles. The summed E-state index contributed by atoms with van der Waals surface area (Å²) < 4.78 is 14.3. The molecule has 0 amide bonds. The Kier molecular flexibility index (Phi) is 8.37. The number of aromatic nitrogens is 1. The van der Waals surface area contributed by atoms with Gasteiger partial charge in [0.2, 0.25) is 0 Å². The van der Waals surface area contributed by atoms with E-state index >= 15 is 0 Å². The van der Waals surface area contributed by atoms with Crippen molar-refractivity contribution in [1.82, 2.24) is 4.57 Å². The Labute approximate surface area is 242 Å². The summed E-state index contributed by atoms with van der Waals surface area (Å²) in [5.41, 5.74) is 1.74. The molecule has 0 fully saturated rings. The monoisotopic (exact) mass is 748 g/mol. The predicted octanol–water partition coefficient (Wildman–Crippen LogP) is 4.59. The lowest BCUT2D eigenvalue weighted by Gasteiger charge is -2.24. The van der Waals surface area contributed by atoms with E-state index in [0.717, 1.165) is 7.14 Å². The Bertz CT molecular complexity index is 1590. The number of nitrogens with zero attached hydrogens (tertiary/aromatic N) is 2. The Morgan fingerprint density at radius 3 is 2.56 bits per heavy atom. The topological polar surface area (TPSA) is 87.0 Å². The van der Waals surface area contributed by atoms with Crippen molar-refractivity contribution >= 4 is 86.1 Å². The molecule has 7 nitrogen and oxygen atoms in total. The van der Waals surface area contributed by atoms with Gasteiger partial charge in [0.05, 0.1) is 32.0 Å². The molecule has 3 aromatic rings. The average Bonchev–Trinajstić information content (AvgIpc) is 3.10. The second kappa shape index (κ2) is 11.2. The number of thiazole rings is 1. The Balaban J connectivity index is 1.98. The van der Waals surface area contributed by atoms with Crippen molar-refractivity contribution < 1.29 is 19.1 Å². The Morgan fingerprint density at radius 1 is 1.22 bits per heavy atom. The number of halogens is 3. The molecule has 0 radical (unpaired) electrons. The molecule has 1 aromatic heterocycles. The molecular weight excluding hydrogens is 730 g/mol. The zero-order chi connectivity index (χ0) is 26.1. The first-order chi connectivity index (χ1) is 17.1. The lowest BCUT2D eigenvalue weighted by molar-refractivity contribution is -0.139. The molecule has 2 aromatic carbocycles.